The summed E-state index contributed by atoms with van der Waals surface area (Å²) in [4.78, 5) is 26.7. The van der Waals surface area contributed by atoms with Gasteiger partial charge >= 0.3 is 0 Å². The van der Waals surface area contributed by atoms with Gasteiger partial charge in [0.2, 0.25) is 5.91 Å². The van der Waals surface area contributed by atoms with Crippen molar-refractivity contribution in [1.82, 2.24) is 4.90 Å². The summed E-state index contributed by atoms with van der Waals surface area (Å²) in [5.41, 5.74) is 4.47. The average Bonchev–Trinajstić information content (AvgIpc) is 2.79. The van der Waals surface area contributed by atoms with Crippen molar-refractivity contribution >= 4 is 17.5 Å². The lowest BCUT2D eigenvalue weighted by Crippen LogP contribution is -2.39. The third-order valence-electron chi connectivity index (χ3n) is 5.92. The lowest BCUT2D eigenvalue weighted by Gasteiger charge is -2.37. The van der Waals surface area contributed by atoms with E-state index < -0.39 is 12.1 Å². The van der Waals surface area contributed by atoms with Crippen LogP contribution in [0.3, 0.4) is 0 Å². The smallest absolute Gasteiger partial charge is 0.265 e. The van der Waals surface area contributed by atoms with E-state index in [-0.39, 0.29) is 17.6 Å². The van der Waals surface area contributed by atoms with Crippen LogP contribution in [0, 0.1) is 12.7 Å². The quantitative estimate of drug-likeness (QED) is 0.598. The van der Waals surface area contributed by atoms with Crippen molar-refractivity contribution in [3.05, 3.63) is 94.8 Å². The van der Waals surface area contributed by atoms with Crippen LogP contribution in [-0.4, -0.2) is 29.4 Å². The standard InChI is InChI=1S/C27H27FN2O3/c1-17-7-10-23(11-8-17)29-27(32)18(2)33-24-12-9-20-13-14-30(19(3)31)26(25(20)16-24)21-5-4-6-22(28)15-21/h4-12,15-16,18,26H,13-14H2,1-3H3,(H,29,32)/t18-,26-/m1/s1. The van der Waals surface area contributed by atoms with Crippen LogP contribution in [0.2, 0.25) is 0 Å². The molecule has 0 aliphatic carbocycles. The van der Waals surface area contributed by atoms with Crippen LogP contribution >= 0.6 is 0 Å². The second-order valence-corrected chi connectivity index (χ2v) is 8.40. The fraction of sp³-hybridized carbons (Fsp3) is 0.259. The van der Waals surface area contributed by atoms with E-state index in [1.54, 1.807) is 17.9 Å². The highest BCUT2D eigenvalue weighted by Crippen LogP contribution is 2.37. The molecule has 0 bridgehead atoms. The van der Waals surface area contributed by atoms with Crippen LogP contribution in [0.4, 0.5) is 10.1 Å². The summed E-state index contributed by atoms with van der Waals surface area (Å²) in [6, 6.07) is 19.1. The second-order valence-electron chi connectivity index (χ2n) is 8.40. The molecule has 1 aliphatic rings. The fourth-order valence-corrected chi connectivity index (χ4v) is 4.18. The number of nitrogens with zero attached hydrogens (tertiary/aromatic N) is 1. The van der Waals surface area contributed by atoms with Crippen molar-refractivity contribution in [2.24, 2.45) is 0 Å². The summed E-state index contributed by atoms with van der Waals surface area (Å²) in [5, 5.41) is 2.86. The van der Waals surface area contributed by atoms with Gasteiger partial charge in [0, 0.05) is 19.2 Å². The van der Waals surface area contributed by atoms with Gasteiger partial charge in [0.1, 0.15) is 11.6 Å². The zero-order valence-corrected chi connectivity index (χ0v) is 19.0. The monoisotopic (exact) mass is 446 g/mol. The lowest BCUT2D eigenvalue weighted by molar-refractivity contribution is -0.130. The first-order valence-electron chi connectivity index (χ1n) is 11.0. The van der Waals surface area contributed by atoms with Crippen LogP contribution < -0.4 is 10.1 Å². The van der Waals surface area contributed by atoms with E-state index in [0.29, 0.717) is 30.0 Å². The maximum Gasteiger partial charge on any atom is 0.265 e. The van der Waals surface area contributed by atoms with Gasteiger partial charge in [0.15, 0.2) is 6.10 Å². The number of aryl methyl sites for hydroxylation is 1. The molecule has 0 saturated carbocycles. The van der Waals surface area contributed by atoms with Gasteiger partial charge in [0.25, 0.3) is 5.91 Å². The molecule has 0 saturated heterocycles. The van der Waals surface area contributed by atoms with E-state index >= 15 is 0 Å². The van der Waals surface area contributed by atoms with Crippen LogP contribution in [0.1, 0.15) is 42.1 Å². The van der Waals surface area contributed by atoms with E-state index in [1.807, 2.05) is 55.5 Å². The van der Waals surface area contributed by atoms with Crippen LogP contribution in [-0.2, 0) is 16.0 Å². The van der Waals surface area contributed by atoms with Gasteiger partial charge in [0.05, 0.1) is 6.04 Å². The predicted octanol–water partition coefficient (Wildman–Crippen LogP) is 5.03. The van der Waals surface area contributed by atoms with E-state index in [0.717, 1.165) is 16.7 Å². The summed E-state index contributed by atoms with van der Waals surface area (Å²) >= 11 is 0. The molecule has 1 heterocycles. The molecule has 1 aliphatic heterocycles. The Labute approximate surface area is 193 Å². The molecule has 1 N–H and O–H groups in total. The molecule has 3 aromatic rings. The number of anilines is 1. The molecule has 2 atom stereocenters. The molecule has 0 fully saturated rings. The Balaban J connectivity index is 1.59. The number of nitrogens with one attached hydrogen (secondary N) is 1. The van der Waals surface area contributed by atoms with E-state index in [2.05, 4.69) is 5.32 Å². The maximum atomic E-state index is 14.0. The number of benzene rings is 3. The first-order chi connectivity index (χ1) is 15.8. The number of carbonyl (C=O) groups excluding carboxylic acids is 2. The maximum absolute atomic E-state index is 14.0. The van der Waals surface area contributed by atoms with E-state index in [4.69, 9.17) is 4.74 Å². The molecule has 33 heavy (non-hydrogen) atoms. The van der Waals surface area contributed by atoms with Crippen molar-refractivity contribution < 1.29 is 18.7 Å². The molecular formula is C27H27FN2O3. The number of hydrogen-bond donors (Lipinski definition) is 1. The van der Waals surface area contributed by atoms with Gasteiger partial charge in [-0.3, -0.25) is 9.59 Å². The lowest BCUT2D eigenvalue weighted by atomic mass is 9.88. The Bertz CT molecular complexity index is 1180. The highest BCUT2D eigenvalue weighted by atomic mass is 19.1. The van der Waals surface area contributed by atoms with Gasteiger partial charge in [-0.25, -0.2) is 4.39 Å². The largest absolute Gasteiger partial charge is 0.481 e. The van der Waals surface area contributed by atoms with Crippen molar-refractivity contribution in [1.29, 1.82) is 0 Å². The highest BCUT2D eigenvalue weighted by Gasteiger charge is 2.31. The Kier molecular flexibility index (Phi) is 6.45. The van der Waals surface area contributed by atoms with Gasteiger partial charge in [-0.2, -0.15) is 0 Å². The summed E-state index contributed by atoms with van der Waals surface area (Å²) < 4.78 is 19.9. The molecule has 4 rings (SSSR count). The molecule has 5 nitrogen and oxygen atoms in total. The van der Waals surface area contributed by atoms with E-state index in [1.165, 1.54) is 19.1 Å². The number of amides is 2. The number of ether oxygens (including phenoxy) is 1. The molecule has 0 aromatic heterocycles. The summed E-state index contributed by atoms with van der Waals surface area (Å²) in [5.74, 6) is -0.167. The Morgan fingerprint density at radius 1 is 1.09 bits per heavy atom. The number of hydrogen-bond acceptors (Lipinski definition) is 3. The fourth-order valence-electron chi connectivity index (χ4n) is 4.18. The molecule has 0 radical (unpaired) electrons. The number of rotatable bonds is 5. The molecule has 3 aromatic carbocycles. The number of halogens is 1. The van der Waals surface area contributed by atoms with E-state index in [9.17, 15) is 14.0 Å². The minimum Gasteiger partial charge on any atom is -0.481 e. The van der Waals surface area contributed by atoms with Crippen molar-refractivity contribution in [2.45, 2.75) is 39.3 Å². The number of carbonyl (C=O) groups is 2. The Morgan fingerprint density at radius 2 is 1.85 bits per heavy atom. The Hall–Kier alpha value is -3.67. The van der Waals surface area contributed by atoms with Crippen LogP contribution in [0.5, 0.6) is 5.75 Å². The normalized spacial score (nSPS) is 16.0. The third kappa shape index (κ3) is 5.06. The van der Waals surface area contributed by atoms with Gasteiger partial charge in [-0.1, -0.05) is 35.9 Å². The van der Waals surface area contributed by atoms with Crippen molar-refractivity contribution in [3.63, 3.8) is 0 Å². The highest BCUT2D eigenvalue weighted by molar-refractivity contribution is 5.94. The molecule has 0 spiro atoms. The molecule has 0 unspecified atom stereocenters. The molecule has 170 valence electrons. The van der Waals surface area contributed by atoms with Crippen molar-refractivity contribution in [3.8, 4) is 5.75 Å². The summed E-state index contributed by atoms with van der Waals surface area (Å²) in [6.07, 6.45) is -0.0331. The first-order valence-corrected chi connectivity index (χ1v) is 11.0. The molecule has 6 heteroatoms. The Morgan fingerprint density at radius 3 is 2.55 bits per heavy atom. The topological polar surface area (TPSA) is 58.6 Å². The SMILES string of the molecule is CC(=O)N1CCc2ccc(O[C@H](C)C(=O)Nc3ccc(C)cc3)cc2[C@H]1c1cccc(F)c1. The van der Waals surface area contributed by atoms with Gasteiger partial charge in [-0.05, 0) is 73.4 Å². The minimum atomic E-state index is -0.732. The minimum absolute atomic E-state index is 0.0768. The number of fused-ring (bicyclic) bond motifs is 1. The summed E-state index contributed by atoms with van der Waals surface area (Å²) in [7, 11) is 0. The van der Waals surface area contributed by atoms with Crippen LogP contribution in [0.25, 0.3) is 0 Å². The van der Waals surface area contributed by atoms with Crippen molar-refractivity contribution in [2.75, 3.05) is 11.9 Å². The van der Waals surface area contributed by atoms with Gasteiger partial charge < -0.3 is 15.0 Å². The first kappa shape index (κ1) is 22.5. The second kappa shape index (κ2) is 9.45. The van der Waals surface area contributed by atoms with Gasteiger partial charge in [-0.15, -0.1) is 0 Å². The zero-order valence-electron chi connectivity index (χ0n) is 19.0. The third-order valence-corrected chi connectivity index (χ3v) is 5.92. The van der Waals surface area contributed by atoms with Crippen LogP contribution in [0.15, 0.2) is 66.7 Å². The summed E-state index contributed by atoms with van der Waals surface area (Å²) in [6.45, 7) is 5.75. The average molecular weight is 447 g/mol. The molecular weight excluding hydrogens is 419 g/mol. The zero-order chi connectivity index (χ0) is 23.5. The molecule has 2 amide bonds. The predicted molar refractivity (Wildman–Crippen MR) is 126 cm³/mol.